The van der Waals surface area contributed by atoms with Gasteiger partial charge in [0, 0.05) is 25.5 Å². The number of ether oxygens (including phenoxy) is 1. The van der Waals surface area contributed by atoms with E-state index in [1.165, 1.54) is 25.1 Å². The second kappa shape index (κ2) is 8.28. The van der Waals surface area contributed by atoms with E-state index in [9.17, 15) is 14.0 Å². The maximum absolute atomic E-state index is 13.1. The van der Waals surface area contributed by atoms with Crippen molar-refractivity contribution in [2.24, 2.45) is 0 Å². The van der Waals surface area contributed by atoms with Crippen molar-refractivity contribution in [3.05, 3.63) is 59.9 Å². The smallest absolute Gasteiger partial charge is 0.311 e. The minimum atomic E-state index is -0.949. The summed E-state index contributed by atoms with van der Waals surface area (Å²) in [5.41, 5.74) is 2.12. The van der Waals surface area contributed by atoms with Gasteiger partial charge < -0.3 is 15.0 Å². The number of esters is 1. The largest absolute Gasteiger partial charge is 0.452 e. The van der Waals surface area contributed by atoms with Crippen LogP contribution in [0.25, 0.3) is 0 Å². The number of carbonyl (C=O) groups excluding carboxylic acids is 2. The molecule has 5 nitrogen and oxygen atoms in total. The predicted molar refractivity (Wildman–Crippen MR) is 95.1 cm³/mol. The van der Waals surface area contributed by atoms with Gasteiger partial charge in [0.05, 0.1) is 6.42 Å². The molecule has 0 aliphatic heterocycles. The topological polar surface area (TPSA) is 58.6 Å². The van der Waals surface area contributed by atoms with Crippen LogP contribution in [-0.2, 0) is 20.7 Å². The molecule has 2 rings (SSSR count). The normalized spacial score (nSPS) is 11.5. The second-order valence-corrected chi connectivity index (χ2v) is 5.87. The first kappa shape index (κ1) is 18.4. The van der Waals surface area contributed by atoms with Crippen molar-refractivity contribution < 1.29 is 18.7 Å². The van der Waals surface area contributed by atoms with Crippen LogP contribution in [0.15, 0.2) is 48.5 Å². The summed E-state index contributed by atoms with van der Waals surface area (Å²) >= 11 is 0. The fourth-order valence-corrected chi connectivity index (χ4v) is 2.19. The van der Waals surface area contributed by atoms with Gasteiger partial charge in [-0.2, -0.15) is 0 Å². The Morgan fingerprint density at radius 1 is 1.16 bits per heavy atom. The molecule has 0 radical (unpaired) electrons. The molecule has 0 heterocycles. The van der Waals surface area contributed by atoms with Crippen LogP contribution in [0.3, 0.4) is 0 Å². The van der Waals surface area contributed by atoms with Crippen molar-refractivity contribution >= 4 is 23.3 Å². The number of hydrogen-bond acceptors (Lipinski definition) is 4. The van der Waals surface area contributed by atoms with Crippen LogP contribution < -0.4 is 10.2 Å². The van der Waals surface area contributed by atoms with Crippen LogP contribution in [0.4, 0.5) is 15.8 Å². The molecule has 0 aliphatic rings. The third-order valence-corrected chi connectivity index (χ3v) is 3.57. The summed E-state index contributed by atoms with van der Waals surface area (Å²) in [5, 5.41) is 2.69. The lowest BCUT2D eigenvalue weighted by Crippen LogP contribution is -2.30. The van der Waals surface area contributed by atoms with E-state index >= 15 is 0 Å². The molecular formula is C19H21FN2O3. The average Bonchev–Trinajstić information content (AvgIpc) is 2.55. The minimum absolute atomic E-state index is 0.0904. The maximum Gasteiger partial charge on any atom is 0.311 e. The van der Waals surface area contributed by atoms with Crippen molar-refractivity contribution in [3.63, 3.8) is 0 Å². The summed E-state index contributed by atoms with van der Waals surface area (Å²) in [5.74, 6) is -1.43. The third kappa shape index (κ3) is 5.60. The molecule has 0 aliphatic carbocycles. The monoisotopic (exact) mass is 344 g/mol. The molecule has 0 aromatic heterocycles. The van der Waals surface area contributed by atoms with E-state index < -0.39 is 23.8 Å². The van der Waals surface area contributed by atoms with Gasteiger partial charge in [0.1, 0.15) is 5.82 Å². The average molecular weight is 344 g/mol. The summed E-state index contributed by atoms with van der Waals surface area (Å²) in [6.45, 7) is 1.49. The lowest BCUT2D eigenvalue weighted by Gasteiger charge is -2.15. The van der Waals surface area contributed by atoms with E-state index in [2.05, 4.69) is 5.32 Å². The zero-order chi connectivity index (χ0) is 18.4. The van der Waals surface area contributed by atoms with Gasteiger partial charge in [-0.15, -0.1) is 0 Å². The molecule has 1 N–H and O–H groups in total. The van der Waals surface area contributed by atoms with E-state index in [0.717, 1.165) is 5.69 Å². The molecule has 0 saturated carbocycles. The Bertz CT molecular complexity index is 745. The Labute approximate surface area is 146 Å². The highest BCUT2D eigenvalue weighted by Crippen LogP contribution is 2.16. The molecule has 2 aromatic carbocycles. The molecule has 1 amide bonds. The van der Waals surface area contributed by atoms with Crippen molar-refractivity contribution in [1.29, 1.82) is 0 Å². The van der Waals surface area contributed by atoms with Crippen LogP contribution in [0.2, 0.25) is 0 Å². The highest BCUT2D eigenvalue weighted by molar-refractivity contribution is 5.95. The van der Waals surface area contributed by atoms with Crippen LogP contribution in [0.1, 0.15) is 12.5 Å². The Hall–Kier alpha value is -2.89. The fourth-order valence-electron chi connectivity index (χ4n) is 2.19. The van der Waals surface area contributed by atoms with Crippen molar-refractivity contribution in [2.75, 3.05) is 24.3 Å². The molecule has 132 valence electrons. The fraction of sp³-hybridized carbons (Fsp3) is 0.263. The highest BCUT2D eigenvalue weighted by atomic mass is 19.1. The Balaban J connectivity index is 1.87. The first-order valence-corrected chi connectivity index (χ1v) is 7.87. The van der Waals surface area contributed by atoms with E-state index in [1.807, 2.05) is 31.1 Å². The lowest BCUT2D eigenvalue weighted by molar-refractivity contribution is -0.152. The van der Waals surface area contributed by atoms with E-state index in [4.69, 9.17) is 4.74 Å². The first-order valence-electron chi connectivity index (χ1n) is 7.87. The number of benzene rings is 2. The number of rotatable bonds is 6. The van der Waals surface area contributed by atoms with E-state index in [-0.39, 0.29) is 6.42 Å². The second-order valence-electron chi connectivity index (χ2n) is 5.87. The molecule has 0 saturated heterocycles. The zero-order valence-electron chi connectivity index (χ0n) is 14.5. The van der Waals surface area contributed by atoms with Gasteiger partial charge in [-0.3, -0.25) is 9.59 Å². The summed E-state index contributed by atoms with van der Waals surface area (Å²) in [4.78, 5) is 25.9. The van der Waals surface area contributed by atoms with Crippen molar-refractivity contribution in [2.45, 2.75) is 19.4 Å². The quantitative estimate of drug-likeness (QED) is 0.819. The van der Waals surface area contributed by atoms with Crippen molar-refractivity contribution in [1.82, 2.24) is 0 Å². The van der Waals surface area contributed by atoms with Gasteiger partial charge in [-0.05, 0) is 48.9 Å². The number of amides is 1. The van der Waals surface area contributed by atoms with Gasteiger partial charge >= 0.3 is 5.97 Å². The maximum atomic E-state index is 13.1. The summed E-state index contributed by atoms with van der Waals surface area (Å²) in [6, 6.07) is 13.0. The van der Waals surface area contributed by atoms with Gasteiger partial charge in [0.15, 0.2) is 6.10 Å². The van der Waals surface area contributed by atoms with Gasteiger partial charge in [-0.25, -0.2) is 4.39 Å². The Morgan fingerprint density at radius 2 is 1.84 bits per heavy atom. The van der Waals surface area contributed by atoms with Crippen LogP contribution >= 0.6 is 0 Å². The number of anilines is 2. The molecule has 1 atom stereocenters. The summed E-state index contributed by atoms with van der Waals surface area (Å²) < 4.78 is 18.2. The van der Waals surface area contributed by atoms with E-state index in [1.54, 1.807) is 18.2 Å². The third-order valence-electron chi connectivity index (χ3n) is 3.57. The summed E-state index contributed by atoms with van der Waals surface area (Å²) in [6.07, 6.45) is -1.04. The van der Waals surface area contributed by atoms with Crippen LogP contribution in [-0.4, -0.2) is 32.1 Å². The van der Waals surface area contributed by atoms with E-state index in [0.29, 0.717) is 11.3 Å². The number of nitrogens with zero attached hydrogens (tertiary/aromatic N) is 1. The number of nitrogens with one attached hydrogen (secondary N) is 1. The summed E-state index contributed by atoms with van der Waals surface area (Å²) in [7, 11) is 3.85. The SMILES string of the molecule is C[C@@H](OC(=O)Cc1cccc(F)c1)C(=O)Nc1ccc(N(C)C)cc1. The minimum Gasteiger partial charge on any atom is -0.452 e. The lowest BCUT2D eigenvalue weighted by atomic mass is 10.1. The highest BCUT2D eigenvalue weighted by Gasteiger charge is 2.18. The Kier molecular flexibility index (Phi) is 6.11. The van der Waals surface area contributed by atoms with Gasteiger partial charge in [0.25, 0.3) is 5.91 Å². The molecule has 25 heavy (non-hydrogen) atoms. The molecule has 0 spiro atoms. The number of carbonyl (C=O) groups is 2. The molecular weight excluding hydrogens is 323 g/mol. The molecule has 6 heteroatoms. The Morgan fingerprint density at radius 3 is 2.44 bits per heavy atom. The number of hydrogen-bond donors (Lipinski definition) is 1. The van der Waals surface area contributed by atoms with Gasteiger partial charge in [-0.1, -0.05) is 12.1 Å². The molecule has 2 aromatic rings. The molecule has 0 unspecified atom stereocenters. The van der Waals surface area contributed by atoms with Crippen LogP contribution in [0, 0.1) is 5.82 Å². The van der Waals surface area contributed by atoms with Crippen LogP contribution in [0.5, 0.6) is 0 Å². The molecule has 0 fully saturated rings. The van der Waals surface area contributed by atoms with Gasteiger partial charge in [0.2, 0.25) is 0 Å². The standard InChI is InChI=1S/C19H21FN2O3/c1-13(25-18(23)12-14-5-4-6-15(20)11-14)19(24)21-16-7-9-17(10-8-16)22(2)3/h4-11,13H,12H2,1-3H3,(H,21,24)/t13-/m1/s1. The zero-order valence-corrected chi connectivity index (χ0v) is 14.5. The number of halogens is 1. The first-order chi connectivity index (χ1) is 11.8. The molecule has 0 bridgehead atoms. The van der Waals surface area contributed by atoms with Crippen molar-refractivity contribution in [3.8, 4) is 0 Å². The predicted octanol–water partition coefficient (Wildman–Crippen LogP) is 3.00.